The number of unbranched alkanes of at least 4 members (excludes halogenated alkanes) is 3. The highest BCUT2D eigenvalue weighted by atomic mass is 16.1. The summed E-state index contributed by atoms with van der Waals surface area (Å²) in [4.78, 5) is 35.8. The van der Waals surface area contributed by atoms with Gasteiger partial charge in [-0.2, -0.15) is 0 Å². The van der Waals surface area contributed by atoms with E-state index in [-0.39, 0.29) is 17.3 Å². The molecule has 3 heteroatoms. The molecule has 0 N–H and O–H groups in total. The van der Waals surface area contributed by atoms with Gasteiger partial charge in [0.25, 0.3) is 0 Å². The van der Waals surface area contributed by atoms with Crippen molar-refractivity contribution in [2.75, 3.05) is 0 Å². The molecule has 0 spiro atoms. The molecule has 0 bridgehead atoms. The van der Waals surface area contributed by atoms with Gasteiger partial charge in [-0.1, -0.05) is 105 Å². The zero-order valence-electron chi connectivity index (χ0n) is 17.3. The average Bonchev–Trinajstić information content (AvgIpc) is 2.81. The lowest BCUT2D eigenvalue weighted by atomic mass is 9.84. The maximum absolute atomic E-state index is 12.1. The van der Waals surface area contributed by atoms with Crippen LogP contribution in [0.25, 0.3) is 0 Å². The molecule has 0 aromatic heterocycles. The van der Waals surface area contributed by atoms with Crippen LogP contribution in [0.1, 0.15) is 81.2 Å². The molecule has 1 aliphatic rings. The Kier molecular flexibility index (Phi) is 7.45. The van der Waals surface area contributed by atoms with Gasteiger partial charge < -0.3 is 0 Å². The molecule has 3 aromatic carbocycles. The molecule has 0 amide bonds. The van der Waals surface area contributed by atoms with Crippen LogP contribution in [-0.4, -0.2) is 17.3 Å². The van der Waals surface area contributed by atoms with Crippen LogP contribution in [0, 0.1) is 0 Å². The molecular formula is C27H26O3. The number of carbonyl (C=O) groups excluding carboxylic acids is 3. The Hall–Kier alpha value is -3.33. The van der Waals surface area contributed by atoms with E-state index in [1.165, 1.54) is 19.3 Å². The minimum atomic E-state index is -0.0641. The summed E-state index contributed by atoms with van der Waals surface area (Å²) in [6.07, 6.45) is 5.36. The van der Waals surface area contributed by atoms with Gasteiger partial charge in [-0.15, -0.1) is 0 Å². The third-order valence-corrected chi connectivity index (χ3v) is 5.19. The molecule has 3 aromatic rings. The Bertz CT molecular complexity index is 929. The summed E-state index contributed by atoms with van der Waals surface area (Å²) in [5, 5.41) is 0. The van der Waals surface area contributed by atoms with Crippen molar-refractivity contribution in [2.24, 2.45) is 0 Å². The zero-order valence-corrected chi connectivity index (χ0v) is 17.3. The maximum atomic E-state index is 12.1. The van der Waals surface area contributed by atoms with E-state index in [2.05, 4.69) is 6.92 Å². The highest BCUT2D eigenvalue weighted by molar-refractivity contribution is 6.28. The van der Waals surface area contributed by atoms with Crippen LogP contribution in [0.15, 0.2) is 78.9 Å². The lowest BCUT2D eigenvalue weighted by Crippen LogP contribution is -2.20. The molecule has 0 radical (unpaired) electrons. The molecule has 4 rings (SSSR count). The normalized spacial score (nSPS) is 11.8. The summed E-state index contributed by atoms with van der Waals surface area (Å²) >= 11 is 0. The van der Waals surface area contributed by atoms with E-state index < -0.39 is 0 Å². The first-order valence-corrected chi connectivity index (χ1v) is 10.5. The fraction of sp³-hybridized carbons (Fsp3) is 0.222. The van der Waals surface area contributed by atoms with Crippen LogP contribution in [0.5, 0.6) is 0 Å². The van der Waals surface area contributed by atoms with Gasteiger partial charge in [-0.25, -0.2) is 0 Å². The molecule has 0 heterocycles. The first-order valence-electron chi connectivity index (χ1n) is 10.5. The van der Waals surface area contributed by atoms with Crippen LogP contribution >= 0.6 is 0 Å². The first kappa shape index (κ1) is 21.4. The minimum absolute atomic E-state index is 0.0641. The fourth-order valence-corrected chi connectivity index (χ4v) is 3.53. The Labute approximate surface area is 177 Å². The van der Waals surface area contributed by atoms with Gasteiger partial charge in [0.2, 0.25) is 0 Å². The quantitative estimate of drug-likeness (QED) is 0.283. The number of Topliss-reactive ketones (excluding diaryl/α,β-unsaturated/α-hetero) is 1. The molecule has 0 unspecified atom stereocenters. The van der Waals surface area contributed by atoms with Crippen LogP contribution in [0.3, 0.4) is 0 Å². The molecule has 30 heavy (non-hydrogen) atoms. The van der Waals surface area contributed by atoms with Gasteiger partial charge in [-0.3, -0.25) is 14.4 Å². The fourth-order valence-electron chi connectivity index (χ4n) is 3.53. The predicted octanol–water partition coefficient (Wildman–Crippen LogP) is 6.30. The Morgan fingerprint density at radius 1 is 0.600 bits per heavy atom. The molecule has 0 aliphatic heterocycles. The number of fused-ring (bicyclic) bond motifs is 2. The lowest BCUT2D eigenvalue weighted by molar-refractivity contribution is 0.0978. The molecule has 0 fully saturated rings. The van der Waals surface area contributed by atoms with Crippen LogP contribution in [0.4, 0.5) is 0 Å². The van der Waals surface area contributed by atoms with Gasteiger partial charge in [-0.05, 0) is 6.42 Å². The summed E-state index contributed by atoms with van der Waals surface area (Å²) in [6, 6.07) is 23.5. The molecule has 3 nitrogen and oxygen atoms in total. The summed E-state index contributed by atoms with van der Waals surface area (Å²) in [5.41, 5.74) is 2.87. The SMILES string of the molecule is CCCCCCC(=O)c1ccccc1.O=C1c2ccccc2C(=O)c2ccccc21. The predicted molar refractivity (Wildman–Crippen MR) is 119 cm³/mol. The molecule has 0 saturated heterocycles. The first-order chi connectivity index (χ1) is 14.6. The van der Waals surface area contributed by atoms with E-state index in [1.54, 1.807) is 48.5 Å². The number of rotatable bonds is 6. The smallest absolute Gasteiger partial charge is 0.194 e. The summed E-state index contributed by atoms with van der Waals surface area (Å²) < 4.78 is 0. The van der Waals surface area contributed by atoms with Gasteiger partial charge >= 0.3 is 0 Å². The zero-order chi connectivity index (χ0) is 21.3. The third-order valence-electron chi connectivity index (χ3n) is 5.19. The van der Waals surface area contributed by atoms with E-state index in [4.69, 9.17) is 0 Å². The van der Waals surface area contributed by atoms with Crippen molar-refractivity contribution in [3.05, 3.63) is 107 Å². The maximum Gasteiger partial charge on any atom is 0.194 e. The highest BCUT2D eigenvalue weighted by Crippen LogP contribution is 2.26. The third kappa shape index (κ3) is 4.98. The minimum Gasteiger partial charge on any atom is -0.294 e. The Balaban J connectivity index is 0.000000173. The molecule has 0 atom stereocenters. The van der Waals surface area contributed by atoms with Crippen LogP contribution < -0.4 is 0 Å². The summed E-state index contributed by atoms with van der Waals surface area (Å²) in [6.45, 7) is 2.18. The average molecular weight is 399 g/mol. The lowest BCUT2D eigenvalue weighted by Gasteiger charge is -2.16. The largest absolute Gasteiger partial charge is 0.294 e. The van der Waals surface area contributed by atoms with Crippen molar-refractivity contribution in [2.45, 2.75) is 39.0 Å². The topological polar surface area (TPSA) is 51.2 Å². The van der Waals surface area contributed by atoms with E-state index in [0.29, 0.717) is 28.7 Å². The van der Waals surface area contributed by atoms with Gasteiger partial charge in [0.1, 0.15) is 0 Å². The second kappa shape index (κ2) is 10.4. The summed E-state index contributed by atoms with van der Waals surface area (Å²) in [5.74, 6) is 0.151. The van der Waals surface area contributed by atoms with Crippen molar-refractivity contribution >= 4 is 17.3 Å². The van der Waals surface area contributed by atoms with Crippen molar-refractivity contribution in [1.29, 1.82) is 0 Å². The van der Waals surface area contributed by atoms with Crippen molar-refractivity contribution in [1.82, 2.24) is 0 Å². The van der Waals surface area contributed by atoms with Crippen molar-refractivity contribution in [3.63, 3.8) is 0 Å². The molecule has 0 saturated carbocycles. The van der Waals surface area contributed by atoms with Gasteiger partial charge in [0.15, 0.2) is 17.3 Å². The van der Waals surface area contributed by atoms with E-state index >= 15 is 0 Å². The number of hydrogen-bond donors (Lipinski definition) is 0. The number of carbonyl (C=O) groups is 3. The Morgan fingerprint density at radius 3 is 1.47 bits per heavy atom. The number of ketones is 3. The standard InChI is InChI=1S/C14H8O2.C13H18O/c15-13-9-5-1-2-6-10(9)14(16)12-8-4-3-7-11(12)13;1-2-3-4-8-11-13(14)12-9-6-5-7-10-12/h1-8H;5-7,9-10H,2-4,8,11H2,1H3. The number of hydrogen-bond acceptors (Lipinski definition) is 3. The second-order valence-electron chi connectivity index (χ2n) is 7.35. The number of benzene rings is 3. The van der Waals surface area contributed by atoms with E-state index in [0.717, 1.165) is 12.0 Å². The summed E-state index contributed by atoms with van der Waals surface area (Å²) in [7, 11) is 0. The Morgan fingerprint density at radius 2 is 1.03 bits per heavy atom. The van der Waals surface area contributed by atoms with Gasteiger partial charge in [0.05, 0.1) is 0 Å². The second-order valence-corrected chi connectivity index (χ2v) is 7.35. The van der Waals surface area contributed by atoms with Gasteiger partial charge in [0, 0.05) is 34.2 Å². The monoisotopic (exact) mass is 398 g/mol. The van der Waals surface area contributed by atoms with E-state index in [1.807, 2.05) is 30.3 Å². The van der Waals surface area contributed by atoms with Crippen molar-refractivity contribution < 1.29 is 14.4 Å². The van der Waals surface area contributed by atoms with E-state index in [9.17, 15) is 14.4 Å². The molecular weight excluding hydrogens is 372 g/mol. The molecule has 1 aliphatic carbocycles. The highest BCUT2D eigenvalue weighted by Gasteiger charge is 2.28. The molecule has 152 valence electrons. The van der Waals surface area contributed by atoms with Crippen molar-refractivity contribution in [3.8, 4) is 0 Å². The van der Waals surface area contributed by atoms with Crippen LogP contribution in [0.2, 0.25) is 0 Å². The van der Waals surface area contributed by atoms with Crippen LogP contribution in [-0.2, 0) is 0 Å².